The zero-order valence-electron chi connectivity index (χ0n) is 14.0. The van der Waals surface area contributed by atoms with E-state index in [-0.39, 0.29) is 12.5 Å². The third kappa shape index (κ3) is 5.10. The third-order valence-electron chi connectivity index (χ3n) is 4.00. The molecule has 0 radical (unpaired) electrons. The Balaban J connectivity index is 1.89. The summed E-state index contributed by atoms with van der Waals surface area (Å²) in [5.41, 5.74) is 0.403. The first-order chi connectivity index (χ1) is 12.4. The highest BCUT2D eigenvalue weighted by molar-refractivity contribution is 9.10. The van der Waals surface area contributed by atoms with Crippen LogP contribution >= 0.6 is 15.9 Å². The topological polar surface area (TPSA) is 95.6 Å². The maximum Gasteiger partial charge on any atom is 0.252 e. The van der Waals surface area contributed by atoms with Gasteiger partial charge in [0.25, 0.3) is 5.91 Å². The molecule has 1 aliphatic rings. The number of likely N-dealkylation sites (tertiary alicyclic amines) is 1. The number of nitrogens with zero attached hydrogens (tertiary/aromatic N) is 1. The van der Waals surface area contributed by atoms with Gasteiger partial charge in [0.15, 0.2) is 5.78 Å². The molecule has 1 aromatic rings. The number of hydrogen-bond acceptors (Lipinski definition) is 4. The normalized spacial score (nSPS) is 16.2. The van der Waals surface area contributed by atoms with E-state index in [2.05, 4.69) is 26.6 Å². The van der Waals surface area contributed by atoms with Crippen LogP contribution in [0.1, 0.15) is 23.2 Å². The second kappa shape index (κ2) is 9.42. The molecule has 1 atom stereocenters. The fourth-order valence-corrected chi connectivity index (χ4v) is 3.15. The minimum absolute atomic E-state index is 0.243. The first-order valence-electron chi connectivity index (χ1n) is 8.11. The molecule has 0 saturated carbocycles. The zero-order valence-corrected chi connectivity index (χ0v) is 15.6. The number of ketones is 1. The van der Waals surface area contributed by atoms with Gasteiger partial charge in [-0.05, 0) is 40.9 Å². The van der Waals surface area contributed by atoms with Crippen LogP contribution in [-0.4, -0.2) is 60.8 Å². The van der Waals surface area contributed by atoms with E-state index >= 15 is 0 Å². The smallest absolute Gasteiger partial charge is 0.252 e. The summed E-state index contributed by atoms with van der Waals surface area (Å²) in [6.07, 6.45) is 1.10. The van der Waals surface area contributed by atoms with E-state index in [0.717, 1.165) is 0 Å². The number of Topliss-reactive ketones (excluding diaryl/α,β-unsaturated/α-hetero) is 1. The summed E-state index contributed by atoms with van der Waals surface area (Å²) < 4.78 is 12.8. The molecule has 7 nitrogen and oxygen atoms in total. The molecular weight excluding hydrogens is 409 g/mol. The lowest BCUT2D eigenvalue weighted by atomic mass is 10.2. The van der Waals surface area contributed by atoms with E-state index in [4.69, 9.17) is 0 Å². The average molecular weight is 428 g/mol. The summed E-state index contributed by atoms with van der Waals surface area (Å²) in [5.74, 6) is -2.01. The van der Waals surface area contributed by atoms with E-state index in [1.807, 2.05) is 0 Å². The van der Waals surface area contributed by atoms with Crippen molar-refractivity contribution < 1.29 is 23.6 Å². The van der Waals surface area contributed by atoms with Gasteiger partial charge >= 0.3 is 0 Å². The van der Waals surface area contributed by atoms with Crippen LogP contribution in [0.4, 0.5) is 4.39 Å². The van der Waals surface area contributed by atoms with Crippen LogP contribution in [0.2, 0.25) is 0 Å². The van der Waals surface area contributed by atoms with Crippen LogP contribution in [-0.2, 0) is 14.4 Å². The monoisotopic (exact) mass is 427 g/mol. The van der Waals surface area contributed by atoms with Gasteiger partial charge in [0, 0.05) is 11.0 Å². The highest BCUT2D eigenvalue weighted by Crippen LogP contribution is 2.18. The molecule has 0 aliphatic carbocycles. The molecule has 9 heteroatoms. The van der Waals surface area contributed by atoms with E-state index in [0.29, 0.717) is 29.4 Å². The Bertz CT molecular complexity index is 713. The number of rotatable bonds is 7. The number of carbonyl (C=O) groups is 4. The lowest BCUT2D eigenvalue weighted by molar-refractivity contribution is -0.138. The highest BCUT2D eigenvalue weighted by atomic mass is 79.9. The quantitative estimate of drug-likeness (QED) is 0.673. The van der Waals surface area contributed by atoms with Crippen LogP contribution in [0, 0.1) is 0 Å². The number of carbonyl (C=O) groups excluding carboxylic acids is 4. The molecule has 0 aromatic heterocycles. The molecular formula is C17H19BrFN3O4. The number of alkyl halides is 1. The molecule has 2 rings (SSSR count). The van der Waals surface area contributed by atoms with Crippen molar-refractivity contribution in [3.8, 4) is 0 Å². The van der Waals surface area contributed by atoms with Crippen molar-refractivity contribution in [1.29, 1.82) is 0 Å². The Morgan fingerprint density at radius 3 is 2.58 bits per heavy atom. The zero-order chi connectivity index (χ0) is 19.1. The van der Waals surface area contributed by atoms with Gasteiger partial charge in [-0.3, -0.25) is 19.2 Å². The first-order valence-corrected chi connectivity index (χ1v) is 8.91. The fourth-order valence-electron chi connectivity index (χ4n) is 2.69. The van der Waals surface area contributed by atoms with Crippen LogP contribution in [0.3, 0.4) is 0 Å². The number of halogens is 2. The molecule has 0 spiro atoms. The van der Waals surface area contributed by atoms with Crippen molar-refractivity contribution in [3.05, 3.63) is 34.3 Å². The molecule has 140 valence electrons. The van der Waals surface area contributed by atoms with E-state index < -0.39 is 36.9 Å². The number of hydrogen-bond donors (Lipinski definition) is 2. The molecule has 1 aliphatic heterocycles. The second-order valence-corrected chi connectivity index (χ2v) is 6.65. The first kappa shape index (κ1) is 20.0. The van der Waals surface area contributed by atoms with Crippen molar-refractivity contribution >= 4 is 39.4 Å². The highest BCUT2D eigenvalue weighted by Gasteiger charge is 2.34. The van der Waals surface area contributed by atoms with Gasteiger partial charge in [-0.2, -0.15) is 0 Å². The second-order valence-electron chi connectivity index (χ2n) is 5.80. The molecule has 1 saturated heterocycles. The number of nitrogens with one attached hydrogen (secondary N) is 2. The van der Waals surface area contributed by atoms with Crippen LogP contribution in [0.15, 0.2) is 28.7 Å². The predicted molar refractivity (Wildman–Crippen MR) is 95.2 cm³/mol. The molecule has 1 heterocycles. The van der Waals surface area contributed by atoms with Gasteiger partial charge in [-0.15, -0.1) is 0 Å². The van der Waals surface area contributed by atoms with Crippen LogP contribution in [0.25, 0.3) is 0 Å². The van der Waals surface area contributed by atoms with Crippen molar-refractivity contribution in [3.63, 3.8) is 0 Å². The van der Waals surface area contributed by atoms with Gasteiger partial charge in [0.1, 0.15) is 12.7 Å². The lowest BCUT2D eigenvalue weighted by Gasteiger charge is -2.24. The van der Waals surface area contributed by atoms with Crippen molar-refractivity contribution in [2.24, 2.45) is 0 Å². The Labute approximate surface area is 158 Å². The molecule has 26 heavy (non-hydrogen) atoms. The lowest BCUT2D eigenvalue weighted by Crippen LogP contribution is -2.49. The Kier molecular flexibility index (Phi) is 7.26. The Morgan fingerprint density at radius 2 is 1.88 bits per heavy atom. The standard InChI is InChI=1S/C17H19BrFN3O4/c18-13-5-2-1-4-12(13)16(25)21-10-15(24)22-7-3-6-14(22)17(26)20-9-11(23)8-19/h1-2,4-5,14H,3,6-10H2,(H,20,26)(H,21,25). The van der Waals surface area contributed by atoms with Crippen LogP contribution in [0.5, 0.6) is 0 Å². The maximum absolute atomic E-state index is 12.4. The van der Waals surface area contributed by atoms with E-state index in [1.165, 1.54) is 4.90 Å². The molecule has 1 fully saturated rings. The largest absolute Gasteiger partial charge is 0.347 e. The molecule has 1 unspecified atom stereocenters. The summed E-state index contributed by atoms with van der Waals surface area (Å²) in [7, 11) is 0. The van der Waals surface area contributed by atoms with Crippen LogP contribution < -0.4 is 10.6 Å². The minimum atomic E-state index is -1.14. The van der Waals surface area contributed by atoms with E-state index in [1.54, 1.807) is 24.3 Å². The molecule has 3 amide bonds. The Morgan fingerprint density at radius 1 is 1.15 bits per heavy atom. The number of amides is 3. The summed E-state index contributed by atoms with van der Waals surface area (Å²) in [4.78, 5) is 49.0. The number of benzene rings is 1. The van der Waals surface area contributed by atoms with Crippen molar-refractivity contribution in [2.45, 2.75) is 18.9 Å². The SMILES string of the molecule is O=C(CF)CNC(=O)C1CCCN1C(=O)CNC(=O)c1ccccc1Br. The summed E-state index contributed by atoms with van der Waals surface area (Å²) in [5, 5.41) is 4.88. The Hall–Kier alpha value is -2.29. The fraction of sp³-hybridized carbons (Fsp3) is 0.412. The molecule has 2 N–H and O–H groups in total. The molecule has 0 bridgehead atoms. The van der Waals surface area contributed by atoms with Gasteiger partial charge < -0.3 is 15.5 Å². The third-order valence-corrected chi connectivity index (χ3v) is 4.69. The van der Waals surface area contributed by atoms with Crippen molar-refractivity contribution in [1.82, 2.24) is 15.5 Å². The summed E-state index contributed by atoms with van der Waals surface area (Å²) >= 11 is 3.27. The summed E-state index contributed by atoms with van der Waals surface area (Å²) in [6, 6.07) is 6.11. The average Bonchev–Trinajstić information content (AvgIpc) is 3.13. The van der Waals surface area contributed by atoms with E-state index in [9.17, 15) is 23.6 Å². The molecule has 1 aromatic carbocycles. The predicted octanol–water partition coefficient (Wildman–Crippen LogP) is 0.825. The summed E-state index contributed by atoms with van der Waals surface area (Å²) in [6.45, 7) is -1.40. The van der Waals surface area contributed by atoms with Gasteiger partial charge in [0.2, 0.25) is 11.8 Å². The van der Waals surface area contributed by atoms with Crippen molar-refractivity contribution in [2.75, 3.05) is 26.3 Å². The van der Waals surface area contributed by atoms with Gasteiger partial charge in [-0.1, -0.05) is 12.1 Å². The maximum atomic E-state index is 12.4. The van der Waals surface area contributed by atoms with Gasteiger partial charge in [0.05, 0.1) is 18.7 Å². The minimum Gasteiger partial charge on any atom is -0.347 e. The van der Waals surface area contributed by atoms with Gasteiger partial charge in [-0.25, -0.2) is 4.39 Å².